The largest absolute Gasteiger partial charge is 0.493 e. The van der Waals surface area contributed by atoms with Gasteiger partial charge in [0.25, 0.3) is 0 Å². The number of ketones is 1. The molecular weight excluding hydrogens is 196 g/mol. The first kappa shape index (κ1) is 11.2. The van der Waals surface area contributed by atoms with Crippen molar-refractivity contribution < 1.29 is 19.4 Å². The first-order chi connectivity index (χ1) is 7.15. The summed E-state index contributed by atoms with van der Waals surface area (Å²) in [5, 5.41) is 8.50. The van der Waals surface area contributed by atoms with Crippen LogP contribution in [0.1, 0.15) is 23.7 Å². The first-order valence-corrected chi connectivity index (χ1v) is 4.62. The highest BCUT2D eigenvalue weighted by atomic mass is 16.5. The van der Waals surface area contributed by atoms with Crippen LogP contribution in [0.25, 0.3) is 0 Å². The van der Waals surface area contributed by atoms with Gasteiger partial charge in [-0.25, -0.2) is 0 Å². The number of rotatable bonds is 5. The number of carboxylic acids is 1. The van der Waals surface area contributed by atoms with Crippen LogP contribution >= 0.6 is 0 Å². The van der Waals surface area contributed by atoms with Gasteiger partial charge in [-0.3, -0.25) is 9.59 Å². The molecule has 1 aromatic carbocycles. The van der Waals surface area contributed by atoms with Crippen LogP contribution in [0.15, 0.2) is 24.3 Å². The van der Waals surface area contributed by atoms with E-state index >= 15 is 0 Å². The van der Waals surface area contributed by atoms with E-state index in [2.05, 4.69) is 0 Å². The average molecular weight is 208 g/mol. The summed E-state index contributed by atoms with van der Waals surface area (Å²) in [6.07, 6.45) is -0.510. The van der Waals surface area contributed by atoms with Gasteiger partial charge in [0.2, 0.25) is 0 Å². The lowest BCUT2D eigenvalue weighted by Gasteiger charge is -2.07. The van der Waals surface area contributed by atoms with Gasteiger partial charge in [0.05, 0.1) is 12.2 Å². The van der Waals surface area contributed by atoms with Crippen LogP contribution in [0.3, 0.4) is 0 Å². The molecule has 0 unspecified atom stereocenters. The maximum absolute atomic E-state index is 11.5. The number of hydrogen-bond acceptors (Lipinski definition) is 3. The Labute approximate surface area is 87.5 Å². The Kier molecular flexibility index (Phi) is 3.85. The van der Waals surface area contributed by atoms with Crippen LogP contribution in [0.5, 0.6) is 5.75 Å². The van der Waals surface area contributed by atoms with Crippen LogP contribution in [0, 0.1) is 0 Å². The molecule has 0 heterocycles. The highest BCUT2D eigenvalue weighted by Crippen LogP contribution is 2.19. The molecule has 0 radical (unpaired) electrons. The van der Waals surface area contributed by atoms with Crippen molar-refractivity contribution in [3.8, 4) is 5.75 Å². The molecule has 1 rings (SSSR count). The lowest BCUT2D eigenvalue weighted by molar-refractivity contribution is -0.135. The van der Waals surface area contributed by atoms with Crippen molar-refractivity contribution >= 4 is 11.8 Å². The molecule has 0 aliphatic heterocycles. The van der Waals surface area contributed by atoms with Crippen LogP contribution in [-0.4, -0.2) is 23.5 Å². The van der Waals surface area contributed by atoms with E-state index in [-0.39, 0.29) is 0 Å². The lowest BCUT2D eigenvalue weighted by Crippen LogP contribution is -2.09. The zero-order valence-electron chi connectivity index (χ0n) is 8.40. The Morgan fingerprint density at radius 2 is 2.00 bits per heavy atom. The minimum atomic E-state index is -1.13. The van der Waals surface area contributed by atoms with E-state index in [0.717, 1.165) is 0 Å². The number of carbonyl (C=O) groups is 2. The van der Waals surface area contributed by atoms with E-state index in [4.69, 9.17) is 9.84 Å². The Hall–Kier alpha value is -1.84. The van der Waals surface area contributed by atoms with Crippen LogP contribution in [0.2, 0.25) is 0 Å². The average Bonchev–Trinajstić information content (AvgIpc) is 2.18. The molecule has 4 nitrogen and oxygen atoms in total. The topological polar surface area (TPSA) is 63.6 Å². The third kappa shape index (κ3) is 3.09. The summed E-state index contributed by atoms with van der Waals surface area (Å²) < 4.78 is 5.23. The Balaban J connectivity index is 2.91. The minimum Gasteiger partial charge on any atom is -0.493 e. The smallest absolute Gasteiger partial charge is 0.311 e. The summed E-state index contributed by atoms with van der Waals surface area (Å²) >= 11 is 0. The third-order valence-corrected chi connectivity index (χ3v) is 1.80. The zero-order chi connectivity index (χ0) is 11.3. The first-order valence-electron chi connectivity index (χ1n) is 4.62. The molecule has 0 aromatic heterocycles. The van der Waals surface area contributed by atoms with Crippen molar-refractivity contribution in [3.05, 3.63) is 29.8 Å². The van der Waals surface area contributed by atoms with E-state index in [0.29, 0.717) is 17.9 Å². The molecule has 0 saturated heterocycles. The number of ether oxygens (including phenoxy) is 1. The van der Waals surface area contributed by atoms with Crippen LogP contribution < -0.4 is 4.74 Å². The molecule has 1 aromatic rings. The number of carboxylic acid groups (broad SMARTS) is 1. The number of hydrogen-bond donors (Lipinski definition) is 1. The van der Waals surface area contributed by atoms with Gasteiger partial charge in [-0.15, -0.1) is 0 Å². The maximum Gasteiger partial charge on any atom is 0.311 e. The predicted octanol–water partition coefficient (Wildman–Crippen LogP) is 1.74. The molecule has 0 fully saturated rings. The van der Waals surface area contributed by atoms with E-state index < -0.39 is 18.2 Å². The predicted molar refractivity (Wildman–Crippen MR) is 54.2 cm³/mol. The second-order valence-electron chi connectivity index (χ2n) is 2.92. The summed E-state index contributed by atoms with van der Waals surface area (Å²) in [7, 11) is 0. The molecule has 1 N–H and O–H groups in total. The second-order valence-corrected chi connectivity index (χ2v) is 2.92. The molecule has 0 amide bonds. The van der Waals surface area contributed by atoms with Gasteiger partial charge in [-0.1, -0.05) is 12.1 Å². The van der Waals surface area contributed by atoms with Gasteiger partial charge < -0.3 is 9.84 Å². The number of aliphatic carboxylic acids is 1. The maximum atomic E-state index is 11.5. The van der Waals surface area contributed by atoms with Crippen molar-refractivity contribution in [2.45, 2.75) is 13.3 Å². The number of para-hydroxylation sites is 1. The molecule has 0 spiro atoms. The van der Waals surface area contributed by atoms with E-state index in [1.807, 2.05) is 0 Å². The second kappa shape index (κ2) is 5.14. The molecular formula is C11H12O4. The Bertz CT molecular complexity index is 371. The van der Waals surface area contributed by atoms with E-state index in [1.54, 1.807) is 31.2 Å². The van der Waals surface area contributed by atoms with Gasteiger partial charge in [0.15, 0.2) is 5.78 Å². The fourth-order valence-electron chi connectivity index (χ4n) is 1.21. The van der Waals surface area contributed by atoms with Gasteiger partial charge in [0, 0.05) is 0 Å². The summed E-state index contributed by atoms with van der Waals surface area (Å²) in [5.41, 5.74) is 0.321. The summed E-state index contributed by atoms with van der Waals surface area (Å²) in [6.45, 7) is 2.25. The summed E-state index contributed by atoms with van der Waals surface area (Å²) in [6, 6.07) is 6.63. The fraction of sp³-hybridized carbons (Fsp3) is 0.273. The van der Waals surface area contributed by atoms with E-state index in [1.165, 1.54) is 0 Å². The van der Waals surface area contributed by atoms with E-state index in [9.17, 15) is 9.59 Å². The van der Waals surface area contributed by atoms with Crippen molar-refractivity contribution in [1.29, 1.82) is 0 Å². The van der Waals surface area contributed by atoms with Crippen LogP contribution in [-0.2, 0) is 4.79 Å². The lowest BCUT2D eigenvalue weighted by atomic mass is 10.1. The zero-order valence-corrected chi connectivity index (χ0v) is 8.40. The van der Waals surface area contributed by atoms with Crippen LogP contribution in [0.4, 0.5) is 0 Å². The molecule has 0 bridgehead atoms. The highest BCUT2D eigenvalue weighted by Gasteiger charge is 2.14. The quantitative estimate of drug-likeness (QED) is 0.591. The fourth-order valence-corrected chi connectivity index (χ4v) is 1.21. The molecule has 80 valence electrons. The van der Waals surface area contributed by atoms with Gasteiger partial charge >= 0.3 is 5.97 Å². The van der Waals surface area contributed by atoms with Gasteiger partial charge in [-0.05, 0) is 19.1 Å². The molecule has 0 aliphatic carbocycles. The monoisotopic (exact) mass is 208 g/mol. The van der Waals surface area contributed by atoms with Crippen molar-refractivity contribution in [2.24, 2.45) is 0 Å². The molecule has 0 saturated carbocycles. The molecule has 15 heavy (non-hydrogen) atoms. The van der Waals surface area contributed by atoms with Crippen molar-refractivity contribution in [3.63, 3.8) is 0 Å². The normalized spacial score (nSPS) is 9.67. The standard InChI is InChI=1S/C11H12O4/c1-2-15-10-6-4-3-5-8(10)9(12)7-11(13)14/h3-6H,2,7H2,1H3,(H,13,14). The SMILES string of the molecule is CCOc1ccccc1C(=O)CC(=O)O. The molecule has 4 heteroatoms. The minimum absolute atomic E-state index is 0.321. The van der Waals surface area contributed by atoms with Gasteiger partial charge in [0.1, 0.15) is 12.2 Å². The summed E-state index contributed by atoms with van der Waals surface area (Å²) in [5.74, 6) is -1.14. The molecule has 0 aliphatic rings. The molecule has 0 atom stereocenters. The number of carbonyl (C=O) groups excluding carboxylic acids is 1. The van der Waals surface area contributed by atoms with Gasteiger partial charge in [-0.2, -0.15) is 0 Å². The summed E-state index contributed by atoms with van der Waals surface area (Å²) in [4.78, 5) is 21.9. The Morgan fingerprint density at radius 1 is 1.33 bits per heavy atom. The Morgan fingerprint density at radius 3 is 2.60 bits per heavy atom. The highest BCUT2D eigenvalue weighted by molar-refractivity contribution is 6.07. The third-order valence-electron chi connectivity index (χ3n) is 1.80. The van der Waals surface area contributed by atoms with Crippen molar-refractivity contribution in [1.82, 2.24) is 0 Å². The number of benzene rings is 1. The van der Waals surface area contributed by atoms with Crippen molar-refractivity contribution in [2.75, 3.05) is 6.61 Å². The number of Topliss-reactive ketones (excluding diaryl/α,β-unsaturated/α-hetero) is 1.